The molecule has 1 aromatic heterocycles. The van der Waals surface area contributed by atoms with Gasteiger partial charge in [-0.15, -0.1) is 0 Å². The first-order valence-electron chi connectivity index (χ1n) is 8.52. The summed E-state index contributed by atoms with van der Waals surface area (Å²) in [5.41, 5.74) is 9.35. The molecule has 21 heavy (non-hydrogen) atoms. The second-order valence-corrected chi connectivity index (χ2v) is 6.67. The standard InChI is InChI=1S/C17H32N4/c1-5-14-12-15(21(6-2)19-14)13-16(18)17(20(3)4)10-8-7-9-11-17/h12,16H,5-11,13,18H2,1-4H3. The van der Waals surface area contributed by atoms with Crippen molar-refractivity contribution in [1.29, 1.82) is 0 Å². The van der Waals surface area contributed by atoms with Crippen molar-refractivity contribution in [2.24, 2.45) is 5.73 Å². The molecule has 120 valence electrons. The van der Waals surface area contributed by atoms with Gasteiger partial charge >= 0.3 is 0 Å². The fraction of sp³-hybridized carbons (Fsp3) is 0.824. The molecule has 0 spiro atoms. The second kappa shape index (κ2) is 6.93. The Morgan fingerprint density at radius 2 is 1.95 bits per heavy atom. The van der Waals surface area contributed by atoms with Gasteiger partial charge in [0, 0.05) is 30.2 Å². The summed E-state index contributed by atoms with van der Waals surface area (Å²) in [6.07, 6.45) is 8.34. The van der Waals surface area contributed by atoms with E-state index in [0.717, 1.165) is 19.4 Å². The van der Waals surface area contributed by atoms with Crippen molar-refractivity contribution < 1.29 is 0 Å². The van der Waals surface area contributed by atoms with Crippen LogP contribution in [0.25, 0.3) is 0 Å². The molecule has 1 atom stereocenters. The fourth-order valence-electron chi connectivity index (χ4n) is 3.85. The van der Waals surface area contributed by atoms with Crippen molar-refractivity contribution >= 4 is 0 Å². The molecule has 1 aliphatic rings. The smallest absolute Gasteiger partial charge is 0.0624 e. The molecule has 2 rings (SSSR count). The van der Waals surface area contributed by atoms with Gasteiger partial charge in [-0.1, -0.05) is 26.2 Å². The van der Waals surface area contributed by atoms with Gasteiger partial charge in [0.2, 0.25) is 0 Å². The molecule has 4 nitrogen and oxygen atoms in total. The molecule has 0 aromatic carbocycles. The van der Waals surface area contributed by atoms with Crippen molar-refractivity contribution in [2.75, 3.05) is 14.1 Å². The van der Waals surface area contributed by atoms with Crippen LogP contribution in [0.2, 0.25) is 0 Å². The molecule has 1 aromatic rings. The molecular formula is C17H32N4. The van der Waals surface area contributed by atoms with E-state index >= 15 is 0 Å². The highest BCUT2D eigenvalue weighted by molar-refractivity contribution is 5.14. The lowest BCUT2D eigenvalue weighted by atomic mass is 9.74. The summed E-state index contributed by atoms with van der Waals surface area (Å²) >= 11 is 0. The lowest BCUT2D eigenvalue weighted by Gasteiger charge is -2.47. The normalized spacial score (nSPS) is 19.9. The Balaban J connectivity index is 2.18. The van der Waals surface area contributed by atoms with Gasteiger partial charge in [-0.25, -0.2) is 0 Å². The number of hydrogen-bond donors (Lipinski definition) is 1. The molecule has 1 unspecified atom stereocenters. The van der Waals surface area contributed by atoms with Gasteiger partial charge in [-0.05, 0) is 46.3 Å². The number of aryl methyl sites for hydroxylation is 2. The number of nitrogens with zero attached hydrogens (tertiary/aromatic N) is 3. The van der Waals surface area contributed by atoms with Crippen LogP contribution in [0.1, 0.15) is 57.3 Å². The van der Waals surface area contributed by atoms with Crippen LogP contribution < -0.4 is 5.73 Å². The third-order valence-corrected chi connectivity index (χ3v) is 5.30. The molecule has 1 aliphatic carbocycles. The molecule has 0 radical (unpaired) electrons. The topological polar surface area (TPSA) is 47.1 Å². The van der Waals surface area contributed by atoms with Gasteiger partial charge in [0.25, 0.3) is 0 Å². The zero-order valence-electron chi connectivity index (χ0n) is 14.2. The van der Waals surface area contributed by atoms with E-state index in [9.17, 15) is 0 Å². The third kappa shape index (κ3) is 3.32. The minimum Gasteiger partial charge on any atom is -0.326 e. The van der Waals surface area contributed by atoms with Crippen LogP contribution >= 0.6 is 0 Å². The molecule has 0 aliphatic heterocycles. The highest BCUT2D eigenvalue weighted by Gasteiger charge is 2.40. The first-order valence-corrected chi connectivity index (χ1v) is 8.52. The van der Waals surface area contributed by atoms with E-state index < -0.39 is 0 Å². The van der Waals surface area contributed by atoms with Crippen LogP contribution in [0.15, 0.2) is 6.07 Å². The summed E-state index contributed by atoms with van der Waals surface area (Å²) < 4.78 is 2.13. The van der Waals surface area contributed by atoms with Gasteiger partial charge in [-0.3, -0.25) is 4.68 Å². The van der Waals surface area contributed by atoms with Crippen molar-refractivity contribution in [3.63, 3.8) is 0 Å². The first kappa shape index (κ1) is 16.5. The first-order chi connectivity index (χ1) is 10.0. The van der Waals surface area contributed by atoms with Crippen LogP contribution in [0.3, 0.4) is 0 Å². The Bertz CT molecular complexity index is 444. The van der Waals surface area contributed by atoms with E-state index in [0.29, 0.717) is 0 Å². The SMILES string of the molecule is CCc1cc(CC(N)C2(N(C)C)CCCCC2)n(CC)n1. The van der Waals surface area contributed by atoms with Crippen LogP contribution in [0, 0.1) is 0 Å². The number of rotatable bonds is 6. The Morgan fingerprint density at radius 3 is 2.48 bits per heavy atom. The van der Waals surface area contributed by atoms with Crippen LogP contribution in [-0.4, -0.2) is 40.4 Å². The van der Waals surface area contributed by atoms with Crippen molar-refractivity contribution in [2.45, 2.75) is 76.9 Å². The number of hydrogen-bond acceptors (Lipinski definition) is 3. The van der Waals surface area contributed by atoms with Gasteiger partial charge in [0.1, 0.15) is 0 Å². The predicted molar refractivity (Wildman–Crippen MR) is 88.5 cm³/mol. The summed E-state index contributed by atoms with van der Waals surface area (Å²) in [5, 5.41) is 4.66. The highest BCUT2D eigenvalue weighted by atomic mass is 15.3. The largest absolute Gasteiger partial charge is 0.326 e. The molecule has 2 N–H and O–H groups in total. The Morgan fingerprint density at radius 1 is 1.29 bits per heavy atom. The molecule has 1 fully saturated rings. The van der Waals surface area contributed by atoms with E-state index in [-0.39, 0.29) is 11.6 Å². The van der Waals surface area contributed by atoms with Crippen molar-refractivity contribution in [1.82, 2.24) is 14.7 Å². The maximum absolute atomic E-state index is 6.71. The lowest BCUT2D eigenvalue weighted by Crippen LogP contribution is -2.59. The summed E-state index contributed by atoms with van der Waals surface area (Å²) in [6.45, 7) is 5.25. The van der Waals surface area contributed by atoms with Crippen LogP contribution in [0.4, 0.5) is 0 Å². The predicted octanol–water partition coefficient (Wildman–Crippen LogP) is 2.60. The van der Waals surface area contributed by atoms with E-state index in [1.807, 2.05) is 0 Å². The third-order valence-electron chi connectivity index (χ3n) is 5.30. The number of likely N-dealkylation sites (N-methyl/N-ethyl adjacent to an activating group) is 1. The molecule has 0 bridgehead atoms. The van der Waals surface area contributed by atoms with Crippen LogP contribution in [-0.2, 0) is 19.4 Å². The van der Waals surface area contributed by atoms with E-state index in [4.69, 9.17) is 5.73 Å². The van der Waals surface area contributed by atoms with Gasteiger partial charge in [-0.2, -0.15) is 5.10 Å². The quantitative estimate of drug-likeness (QED) is 0.876. The monoisotopic (exact) mass is 292 g/mol. The second-order valence-electron chi connectivity index (χ2n) is 6.67. The molecule has 1 heterocycles. The Kier molecular flexibility index (Phi) is 5.44. The molecule has 1 saturated carbocycles. The maximum Gasteiger partial charge on any atom is 0.0624 e. The van der Waals surface area contributed by atoms with E-state index in [1.165, 1.54) is 43.5 Å². The summed E-state index contributed by atoms with van der Waals surface area (Å²) in [7, 11) is 4.39. The summed E-state index contributed by atoms with van der Waals surface area (Å²) in [6, 6.07) is 2.43. The van der Waals surface area contributed by atoms with Gasteiger partial charge in [0.15, 0.2) is 0 Å². The van der Waals surface area contributed by atoms with Gasteiger partial charge < -0.3 is 10.6 Å². The average Bonchev–Trinajstić information content (AvgIpc) is 2.89. The lowest BCUT2D eigenvalue weighted by molar-refractivity contribution is 0.0709. The number of nitrogens with two attached hydrogens (primary N) is 1. The van der Waals surface area contributed by atoms with Crippen LogP contribution in [0.5, 0.6) is 0 Å². The highest BCUT2D eigenvalue weighted by Crippen LogP contribution is 2.35. The zero-order valence-corrected chi connectivity index (χ0v) is 14.2. The average molecular weight is 292 g/mol. The van der Waals surface area contributed by atoms with E-state index in [1.54, 1.807) is 0 Å². The van der Waals surface area contributed by atoms with Gasteiger partial charge in [0.05, 0.1) is 5.69 Å². The van der Waals surface area contributed by atoms with E-state index in [2.05, 4.69) is 48.7 Å². The molecule has 0 amide bonds. The molecule has 0 saturated heterocycles. The summed E-state index contributed by atoms with van der Waals surface area (Å²) in [5.74, 6) is 0. The minimum atomic E-state index is 0.160. The fourth-order valence-corrected chi connectivity index (χ4v) is 3.85. The Labute approximate surface area is 129 Å². The minimum absolute atomic E-state index is 0.160. The van der Waals surface area contributed by atoms with Crippen molar-refractivity contribution in [3.8, 4) is 0 Å². The Hall–Kier alpha value is -0.870. The summed E-state index contributed by atoms with van der Waals surface area (Å²) in [4.78, 5) is 2.38. The maximum atomic E-state index is 6.71. The number of aromatic nitrogens is 2. The van der Waals surface area contributed by atoms with Crippen molar-refractivity contribution in [3.05, 3.63) is 17.5 Å². The zero-order chi connectivity index (χ0) is 15.5. The molecular weight excluding hydrogens is 260 g/mol. The molecule has 4 heteroatoms.